The Kier molecular flexibility index (Phi) is 4.82. The number of rotatable bonds is 3. The molecule has 1 amide bonds. The van der Waals surface area contributed by atoms with E-state index >= 15 is 0 Å². The fourth-order valence-electron chi connectivity index (χ4n) is 1.59. The van der Waals surface area contributed by atoms with Gasteiger partial charge in [-0.25, -0.2) is 0 Å². The zero-order valence-electron chi connectivity index (χ0n) is 9.93. The molecule has 0 aromatic heterocycles. The number of carbonyl (C=O) groups is 1. The van der Waals surface area contributed by atoms with E-state index in [1.54, 1.807) is 0 Å². The molecule has 0 atom stereocenters. The SMILES string of the molecule is CCC(C)=C(C)C(=O)NC1CCOCC1. The van der Waals surface area contributed by atoms with Gasteiger partial charge in [-0.1, -0.05) is 12.5 Å². The van der Waals surface area contributed by atoms with Crippen molar-refractivity contribution in [2.45, 2.75) is 46.1 Å². The molecule has 1 heterocycles. The molecule has 1 aliphatic heterocycles. The van der Waals surface area contributed by atoms with Gasteiger partial charge in [0.1, 0.15) is 0 Å². The maximum Gasteiger partial charge on any atom is 0.247 e. The van der Waals surface area contributed by atoms with Gasteiger partial charge >= 0.3 is 0 Å². The van der Waals surface area contributed by atoms with Crippen LogP contribution in [0.4, 0.5) is 0 Å². The molecule has 0 spiro atoms. The molecule has 0 radical (unpaired) electrons. The minimum absolute atomic E-state index is 0.0845. The highest BCUT2D eigenvalue weighted by Crippen LogP contribution is 2.10. The average molecular weight is 211 g/mol. The number of hydrogen-bond donors (Lipinski definition) is 1. The van der Waals surface area contributed by atoms with Crippen LogP contribution in [0, 0.1) is 0 Å². The summed E-state index contributed by atoms with van der Waals surface area (Å²) in [7, 11) is 0. The summed E-state index contributed by atoms with van der Waals surface area (Å²) in [5, 5.41) is 3.06. The summed E-state index contributed by atoms with van der Waals surface area (Å²) >= 11 is 0. The molecular formula is C12H21NO2. The van der Waals surface area contributed by atoms with Crippen LogP contribution in [0.15, 0.2) is 11.1 Å². The molecule has 0 unspecified atom stereocenters. The van der Waals surface area contributed by atoms with Crippen molar-refractivity contribution in [1.82, 2.24) is 5.32 Å². The van der Waals surface area contributed by atoms with Crippen LogP contribution in [0.25, 0.3) is 0 Å². The first-order valence-corrected chi connectivity index (χ1v) is 5.70. The number of hydrogen-bond acceptors (Lipinski definition) is 2. The van der Waals surface area contributed by atoms with Gasteiger partial charge < -0.3 is 10.1 Å². The predicted octanol–water partition coefficient (Wildman–Crippen LogP) is 2.03. The lowest BCUT2D eigenvalue weighted by molar-refractivity contribution is -0.118. The van der Waals surface area contributed by atoms with Gasteiger partial charge in [-0.2, -0.15) is 0 Å². The minimum Gasteiger partial charge on any atom is -0.381 e. The zero-order chi connectivity index (χ0) is 11.3. The molecule has 1 rings (SSSR count). The van der Waals surface area contributed by atoms with E-state index in [9.17, 15) is 4.79 Å². The van der Waals surface area contributed by atoms with E-state index < -0.39 is 0 Å². The second-order valence-corrected chi connectivity index (χ2v) is 4.12. The fraction of sp³-hybridized carbons (Fsp3) is 0.750. The Labute approximate surface area is 91.9 Å². The van der Waals surface area contributed by atoms with Crippen molar-refractivity contribution < 1.29 is 9.53 Å². The Balaban J connectivity index is 2.47. The van der Waals surface area contributed by atoms with Gasteiger partial charge in [-0.3, -0.25) is 4.79 Å². The predicted molar refractivity (Wildman–Crippen MR) is 60.6 cm³/mol. The highest BCUT2D eigenvalue weighted by atomic mass is 16.5. The van der Waals surface area contributed by atoms with Crippen molar-refractivity contribution in [2.75, 3.05) is 13.2 Å². The first-order valence-electron chi connectivity index (χ1n) is 5.70. The van der Waals surface area contributed by atoms with Crippen LogP contribution in [0.1, 0.15) is 40.0 Å². The molecule has 86 valence electrons. The number of allylic oxidation sites excluding steroid dienone is 1. The molecule has 0 bridgehead atoms. The van der Waals surface area contributed by atoms with Crippen LogP contribution in [0.2, 0.25) is 0 Å². The van der Waals surface area contributed by atoms with Crippen molar-refractivity contribution >= 4 is 5.91 Å². The van der Waals surface area contributed by atoms with Gasteiger partial charge in [0.2, 0.25) is 5.91 Å². The first kappa shape index (κ1) is 12.2. The quantitative estimate of drug-likeness (QED) is 0.725. The van der Waals surface area contributed by atoms with Crippen molar-refractivity contribution in [1.29, 1.82) is 0 Å². The van der Waals surface area contributed by atoms with E-state index in [1.165, 1.54) is 5.57 Å². The number of carbonyl (C=O) groups excluding carboxylic acids is 1. The van der Waals surface area contributed by atoms with Crippen molar-refractivity contribution in [3.63, 3.8) is 0 Å². The molecule has 1 N–H and O–H groups in total. The van der Waals surface area contributed by atoms with Crippen molar-refractivity contribution in [3.8, 4) is 0 Å². The molecule has 3 heteroatoms. The summed E-state index contributed by atoms with van der Waals surface area (Å²) < 4.78 is 5.25. The number of nitrogens with one attached hydrogen (secondary N) is 1. The zero-order valence-corrected chi connectivity index (χ0v) is 9.93. The van der Waals surface area contributed by atoms with Crippen molar-refractivity contribution in [2.24, 2.45) is 0 Å². The van der Waals surface area contributed by atoms with E-state index in [4.69, 9.17) is 4.74 Å². The van der Waals surface area contributed by atoms with Crippen LogP contribution >= 0.6 is 0 Å². The second kappa shape index (κ2) is 5.91. The van der Waals surface area contributed by atoms with Gasteiger partial charge in [0, 0.05) is 24.8 Å². The Bertz CT molecular complexity index is 252. The Hall–Kier alpha value is -0.830. The Morgan fingerprint density at radius 3 is 2.47 bits per heavy atom. The smallest absolute Gasteiger partial charge is 0.247 e. The maximum atomic E-state index is 11.8. The maximum absolute atomic E-state index is 11.8. The lowest BCUT2D eigenvalue weighted by Gasteiger charge is -2.23. The van der Waals surface area contributed by atoms with E-state index in [0.717, 1.165) is 38.0 Å². The summed E-state index contributed by atoms with van der Waals surface area (Å²) in [6.07, 6.45) is 2.81. The highest BCUT2D eigenvalue weighted by molar-refractivity contribution is 5.93. The van der Waals surface area contributed by atoms with E-state index in [-0.39, 0.29) is 5.91 Å². The van der Waals surface area contributed by atoms with Crippen LogP contribution in [0.5, 0.6) is 0 Å². The summed E-state index contributed by atoms with van der Waals surface area (Å²) in [4.78, 5) is 11.8. The standard InChI is InChI=1S/C12H21NO2/c1-4-9(2)10(3)12(14)13-11-5-7-15-8-6-11/h11H,4-8H2,1-3H3,(H,13,14). The number of ether oxygens (including phenoxy) is 1. The second-order valence-electron chi connectivity index (χ2n) is 4.12. The highest BCUT2D eigenvalue weighted by Gasteiger charge is 2.17. The lowest BCUT2D eigenvalue weighted by Crippen LogP contribution is -2.39. The first-order chi connectivity index (χ1) is 7.15. The van der Waals surface area contributed by atoms with E-state index in [1.807, 2.05) is 13.8 Å². The summed E-state index contributed by atoms with van der Waals surface area (Å²) in [6.45, 7) is 7.51. The monoisotopic (exact) mass is 211 g/mol. The molecule has 1 saturated heterocycles. The van der Waals surface area contributed by atoms with E-state index in [0.29, 0.717) is 6.04 Å². The summed E-state index contributed by atoms with van der Waals surface area (Å²) in [6, 6.07) is 0.297. The molecule has 0 aromatic carbocycles. The van der Waals surface area contributed by atoms with Gasteiger partial charge in [-0.15, -0.1) is 0 Å². The molecule has 15 heavy (non-hydrogen) atoms. The van der Waals surface area contributed by atoms with Gasteiger partial charge in [-0.05, 0) is 33.1 Å². The Morgan fingerprint density at radius 1 is 1.33 bits per heavy atom. The average Bonchev–Trinajstić information content (AvgIpc) is 2.28. The van der Waals surface area contributed by atoms with Crippen LogP contribution in [-0.2, 0) is 9.53 Å². The van der Waals surface area contributed by atoms with Crippen LogP contribution in [-0.4, -0.2) is 25.2 Å². The molecular weight excluding hydrogens is 190 g/mol. The summed E-state index contributed by atoms with van der Waals surface area (Å²) in [5.41, 5.74) is 2.03. The topological polar surface area (TPSA) is 38.3 Å². The molecule has 3 nitrogen and oxygen atoms in total. The molecule has 0 aromatic rings. The third kappa shape index (κ3) is 3.67. The lowest BCUT2D eigenvalue weighted by atomic mass is 10.1. The van der Waals surface area contributed by atoms with Gasteiger partial charge in [0.25, 0.3) is 0 Å². The Morgan fingerprint density at radius 2 is 1.93 bits per heavy atom. The molecule has 1 fully saturated rings. The minimum atomic E-state index is 0.0845. The third-order valence-corrected chi connectivity index (χ3v) is 3.07. The van der Waals surface area contributed by atoms with Gasteiger partial charge in [0.05, 0.1) is 0 Å². The van der Waals surface area contributed by atoms with Crippen molar-refractivity contribution in [3.05, 3.63) is 11.1 Å². The van der Waals surface area contributed by atoms with Gasteiger partial charge in [0.15, 0.2) is 0 Å². The normalized spacial score (nSPS) is 19.7. The third-order valence-electron chi connectivity index (χ3n) is 3.07. The molecule has 0 saturated carbocycles. The van der Waals surface area contributed by atoms with E-state index in [2.05, 4.69) is 12.2 Å². The summed E-state index contributed by atoms with van der Waals surface area (Å²) in [5.74, 6) is 0.0845. The largest absolute Gasteiger partial charge is 0.381 e. The molecule has 0 aliphatic carbocycles. The fourth-order valence-corrected chi connectivity index (χ4v) is 1.59. The molecule has 1 aliphatic rings. The number of amides is 1. The van der Waals surface area contributed by atoms with Crippen LogP contribution in [0.3, 0.4) is 0 Å². The van der Waals surface area contributed by atoms with Crippen LogP contribution < -0.4 is 5.32 Å².